The van der Waals surface area contributed by atoms with Gasteiger partial charge in [-0.15, -0.1) is 0 Å². The van der Waals surface area contributed by atoms with E-state index in [0.717, 1.165) is 25.9 Å². The van der Waals surface area contributed by atoms with Crippen molar-refractivity contribution in [2.75, 3.05) is 20.1 Å². The summed E-state index contributed by atoms with van der Waals surface area (Å²) in [6.07, 6.45) is 4.44. The van der Waals surface area contributed by atoms with Gasteiger partial charge in [0, 0.05) is 13.6 Å². The zero-order chi connectivity index (χ0) is 9.68. The Morgan fingerprint density at radius 3 is 2.85 bits per heavy atom. The Hall–Kier alpha value is -0.570. The summed E-state index contributed by atoms with van der Waals surface area (Å²) in [6, 6.07) is 0.0882. The summed E-state index contributed by atoms with van der Waals surface area (Å²) in [5, 5.41) is 3.27. The minimum atomic E-state index is 0.0882. The van der Waals surface area contributed by atoms with E-state index in [9.17, 15) is 4.79 Å². The van der Waals surface area contributed by atoms with Gasteiger partial charge in [0.05, 0.1) is 6.04 Å². The predicted octanol–water partition coefficient (Wildman–Crippen LogP) is 0.997. The average Bonchev–Trinajstić information content (AvgIpc) is 2.18. The number of hydrogen-bond acceptors (Lipinski definition) is 2. The quantitative estimate of drug-likeness (QED) is 0.709. The molecule has 0 aromatic heterocycles. The molecule has 1 heterocycles. The summed E-state index contributed by atoms with van der Waals surface area (Å²) in [7, 11) is 1.89. The van der Waals surface area contributed by atoms with Crippen LogP contribution in [0.3, 0.4) is 0 Å². The van der Waals surface area contributed by atoms with Gasteiger partial charge in [0.1, 0.15) is 0 Å². The third kappa shape index (κ3) is 2.99. The maximum atomic E-state index is 11.8. The molecule has 0 aliphatic carbocycles. The van der Waals surface area contributed by atoms with E-state index >= 15 is 0 Å². The first-order chi connectivity index (χ1) is 6.25. The molecule has 0 aromatic carbocycles. The summed E-state index contributed by atoms with van der Waals surface area (Å²) in [6.45, 7) is 3.96. The first kappa shape index (κ1) is 10.5. The van der Waals surface area contributed by atoms with Crippen LogP contribution in [0.15, 0.2) is 0 Å². The van der Waals surface area contributed by atoms with Crippen LogP contribution in [0.2, 0.25) is 0 Å². The highest BCUT2D eigenvalue weighted by atomic mass is 16.2. The predicted molar refractivity (Wildman–Crippen MR) is 53.6 cm³/mol. The molecule has 0 saturated carbocycles. The molecule has 1 atom stereocenters. The fraction of sp³-hybridized carbons (Fsp3) is 0.900. The van der Waals surface area contributed by atoms with Gasteiger partial charge in [0.2, 0.25) is 5.91 Å². The van der Waals surface area contributed by atoms with Crippen LogP contribution in [-0.2, 0) is 4.79 Å². The molecule has 1 saturated heterocycles. The van der Waals surface area contributed by atoms with Crippen molar-refractivity contribution < 1.29 is 4.79 Å². The lowest BCUT2D eigenvalue weighted by Gasteiger charge is -2.27. The third-order valence-electron chi connectivity index (χ3n) is 2.54. The van der Waals surface area contributed by atoms with Crippen molar-refractivity contribution in [1.82, 2.24) is 10.2 Å². The second-order valence-corrected chi connectivity index (χ2v) is 3.76. The highest BCUT2D eigenvalue weighted by Crippen LogP contribution is 2.09. The molecule has 0 unspecified atom stereocenters. The first-order valence-electron chi connectivity index (χ1n) is 5.24. The Morgan fingerprint density at radius 2 is 2.31 bits per heavy atom. The molecule has 1 fully saturated rings. The molecule has 1 N–H and O–H groups in total. The van der Waals surface area contributed by atoms with Gasteiger partial charge >= 0.3 is 0 Å². The van der Waals surface area contributed by atoms with Crippen molar-refractivity contribution in [3.63, 3.8) is 0 Å². The maximum absolute atomic E-state index is 11.8. The molecule has 1 aliphatic rings. The summed E-state index contributed by atoms with van der Waals surface area (Å²) in [5.41, 5.74) is 0. The highest BCUT2D eigenvalue weighted by Gasteiger charge is 2.22. The number of piperidine rings is 1. The summed E-state index contributed by atoms with van der Waals surface area (Å²) >= 11 is 0. The fourth-order valence-electron chi connectivity index (χ4n) is 1.77. The lowest BCUT2D eigenvalue weighted by atomic mass is 10.0. The molecule has 3 nitrogen and oxygen atoms in total. The van der Waals surface area contributed by atoms with Crippen LogP contribution in [0.5, 0.6) is 0 Å². The van der Waals surface area contributed by atoms with Crippen LogP contribution < -0.4 is 5.32 Å². The Kier molecular flexibility index (Phi) is 4.22. The number of amides is 1. The second kappa shape index (κ2) is 5.22. The van der Waals surface area contributed by atoms with Crippen LogP contribution >= 0.6 is 0 Å². The molecule has 0 bridgehead atoms. The lowest BCUT2D eigenvalue weighted by molar-refractivity contribution is -0.132. The Labute approximate surface area is 80.5 Å². The fourth-order valence-corrected chi connectivity index (χ4v) is 1.77. The molecule has 13 heavy (non-hydrogen) atoms. The van der Waals surface area contributed by atoms with Crippen LogP contribution in [-0.4, -0.2) is 37.0 Å². The van der Waals surface area contributed by atoms with Crippen LogP contribution in [0.1, 0.15) is 32.6 Å². The number of nitrogens with one attached hydrogen (secondary N) is 1. The first-order valence-corrected chi connectivity index (χ1v) is 5.24. The maximum Gasteiger partial charge on any atom is 0.239 e. The van der Waals surface area contributed by atoms with Crippen LogP contribution in [0, 0.1) is 0 Å². The van der Waals surface area contributed by atoms with E-state index in [-0.39, 0.29) is 11.9 Å². The van der Waals surface area contributed by atoms with Crippen molar-refractivity contribution in [1.29, 1.82) is 0 Å². The average molecular weight is 184 g/mol. The Bertz CT molecular complexity index is 164. The van der Waals surface area contributed by atoms with Crippen LogP contribution in [0.4, 0.5) is 0 Å². The smallest absolute Gasteiger partial charge is 0.239 e. The Balaban J connectivity index is 2.36. The summed E-state index contributed by atoms with van der Waals surface area (Å²) in [4.78, 5) is 13.6. The standard InChI is InChI=1S/C10H20N2O/c1-3-8-12(2)10(13)9-6-4-5-7-11-9/h9,11H,3-8H2,1-2H3/t9-/m1/s1. The Morgan fingerprint density at radius 1 is 1.54 bits per heavy atom. The van der Waals surface area contributed by atoms with Gasteiger partial charge in [-0.05, 0) is 25.8 Å². The molecule has 0 spiro atoms. The monoisotopic (exact) mass is 184 g/mol. The highest BCUT2D eigenvalue weighted by molar-refractivity contribution is 5.81. The zero-order valence-electron chi connectivity index (χ0n) is 8.68. The van der Waals surface area contributed by atoms with Gasteiger partial charge < -0.3 is 10.2 Å². The van der Waals surface area contributed by atoms with Gasteiger partial charge in [-0.2, -0.15) is 0 Å². The number of carbonyl (C=O) groups is 1. The molecule has 1 aliphatic heterocycles. The van der Waals surface area contributed by atoms with Gasteiger partial charge in [-0.3, -0.25) is 4.79 Å². The van der Waals surface area contributed by atoms with E-state index in [0.29, 0.717) is 0 Å². The lowest BCUT2D eigenvalue weighted by Crippen LogP contribution is -2.47. The van der Waals surface area contributed by atoms with E-state index in [4.69, 9.17) is 0 Å². The molecule has 1 rings (SSSR count). The summed E-state index contributed by atoms with van der Waals surface area (Å²) < 4.78 is 0. The number of likely N-dealkylation sites (N-methyl/N-ethyl adjacent to an activating group) is 1. The van der Waals surface area contributed by atoms with E-state index in [2.05, 4.69) is 12.2 Å². The van der Waals surface area contributed by atoms with Crippen molar-refractivity contribution >= 4 is 5.91 Å². The third-order valence-corrected chi connectivity index (χ3v) is 2.54. The number of nitrogens with zero attached hydrogens (tertiary/aromatic N) is 1. The van der Waals surface area contributed by atoms with Gasteiger partial charge in [0.15, 0.2) is 0 Å². The number of carbonyl (C=O) groups excluding carboxylic acids is 1. The molecule has 0 radical (unpaired) electrons. The molecular weight excluding hydrogens is 164 g/mol. The minimum Gasteiger partial charge on any atom is -0.344 e. The van der Waals surface area contributed by atoms with Gasteiger partial charge in [-0.25, -0.2) is 0 Å². The van der Waals surface area contributed by atoms with Crippen molar-refractivity contribution in [3.8, 4) is 0 Å². The molecule has 3 heteroatoms. The number of hydrogen-bond donors (Lipinski definition) is 1. The van der Waals surface area contributed by atoms with Crippen LogP contribution in [0.25, 0.3) is 0 Å². The largest absolute Gasteiger partial charge is 0.344 e. The number of rotatable bonds is 3. The molecule has 1 amide bonds. The zero-order valence-corrected chi connectivity index (χ0v) is 8.68. The molecule has 0 aromatic rings. The van der Waals surface area contributed by atoms with E-state index in [1.165, 1.54) is 12.8 Å². The van der Waals surface area contributed by atoms with Crippen molar-refractivity contribution in [2.45, 2.75) is 38.6 Å². The van der Waals surface area contributed by atoms with Crippen molar-refractivity contribution in [3.05, 3.63) is 0 Å². The van der Waals surface area contributed by atoms with Crippen molar-refractivity contribution in [2.24, 2.45) is 0 Å². The molecular formula is C10H20N2O. The van der Waals surface area contributed by atoms with E-state index < -0.39 is 0 Å². The normalized spacial score (nSPS) is 22.8. The molecule has 76 valence electrons. The van der Waals surface area contributed by atoms with E-state index in [1.807, 2.05) is 11.9 Å². The minimum absolute atomic E-state index is 0.0882. The second-order valence-electron chi connectivity index (χ2n) is 3.76. The summed E-state index contributed by atoms with van der Waals surface area (Å²) in [5.74, 6) is 0.265. The topological polar surface area (TPSA) is 32.3 Å². The van der Waals surface area contributed by atoms with Gasteiger partial charge in [-0.1, -0.05) is 13.3 Å². The van der Waals surface area contributed by atoms with E-state index in [1.54, 1.807) is 0 Å². The van der Waals surface area contributed by atoms with Gasteiger partial charge in [0.25, 0.3) is 0 Å². The SMILES string of the molecule is CCCN(C)C(=O)[C@H]1CCCCN1.